The van der Waals surface area contributed by atoms with Crippen molar-refractivity contribution in [2.45, 2.75) is 27.2 Å². The monoisotopic (exact) mass is 218 g/mol. The minimum atomic E-state index is -0.867. The number of hydrogen-bond acceptors (Lipinski definition) is 2. The molecule has 0 radical (unpaired) electrons. The SMILES string of the molecule is Cc1ccc2c(CC(=O)O)oc(C)c2c1C. The second-order valence-electron chi connectivity index (χ2n) is 4.08. The smallest absolute Gasteiger partial charge is 0.311 e. The van der Waals surface area contributed by atoms with Crippen LogP contribution >= 0.6 is 0 Å². The fraction of sp³-hybridized carbons (Fsp3) is 0.308. The lowest BCUT2D eigenvalue weighted by atomic mass is 10.0. The third-order valence-electron chi connectivity index (χ3n) is 2.98. The summed E-state index contributed by atoms with van der Waals surface area (Å²) in [7, 11) is 0. The Hall–Kier alpha value is -1.77. The van der Waals surface area contributed by atoms with Crippen molar-refractivity contribution < 1.29 is 14.3 Å². The van der Waals surface area contributed by atoms with Crippen molar-refractivity contribution >= 4 is 16.7 Å². The van der Waals surface area contributed by atoms with E-state index in [2.05, 4.69) is 0 Å². The van der Waals surface area contributed by atoms with Gasteiger partial charge in [-0.15, -0.1) is 0 Å². The molecule has 0 aliphatic rings. The Kier molecular flexibility index (Phi) is 2.46. The maximum atomic E-state index is 10.7. The molecule has 0 aliphatic heterocycles. The zero-order valence-corrected chi connectivity index (χ0v) is 9.63. The molecule has 1 aromatic heterocycles. The normalized spacial score (nSPS) is 10.9. The summed E-state index contributed by atoms with van der Waals surface area (Å²) >= 11 is 0. The molecule has 2 rings (SSSR count). The summed E-state index contributed by atoms with van der Waals surface area (Å²) in [5, 5.41) is 10.8. The fourth-order valence-electron chi connectivity index (χ4n) is 2.06. The highest BCUT2D eigenvalue weighted by atomic mass is 16.4. The predicted octanol–water partition coefficient (Wildman–Crippen LogP) is 2.99. The predicted molar refractivity (Wildman–Crippen MR) is 61.8 cm³/mol. The lowest BCUT2D eigenvalue weighted by Crippen LogP contribution is -1.98. The molecule has 0 saturated heterocycles. The van der Waals surface area contributed by atoms with Crippen LogP contribution in [0.5, 0.6) is 0 Å². The number of carbonyl (C=O) groups is 1. The molecule has 0 spiro atoms. The van der Waals surface area contributed by atoms with Crippen molar-refractivity contribution in [2.75, 3.05) is 0 Å². The molecular formula is C13H14O3. The van der Waals surface area contributed by atoms with E-state index in [9.17, 15) is 4.79 Å². The minimum Gasteiger partial charge on any atom is -0.481 e. The van der Waals surface area contributed by atoms with Crippen LogP contribution in [0, 0.1) is 20.8 Å². The molecule has 84 valence electrons. The highest BCUT2D eigenvalue weighted by Gasteiger charge is 2.15. The number of carboxylic acid groups (broad SMARTS) is 1. The molecule has 0 amide bonds. The molecule has 0 bridgehead atoms. The maximum Gasteiger partial charge on any atom is 0.311 e. The van der Waals surface area contributed by atoms with Crippen molar-refractivity contribution in [3.05, 3.63) is 34.8 Å². The summed E-state index contributed by atoms with van der Waals surface area (Å²) in [4.78, 5) is 10.7. The van der Waals surface area contributed by atoms with E-state index in [-0.39, 0.29) is 6.42 Å². The van der Waals surface area contributed by atoms with Crippen LogP contribution in [0.3, 0.4) is 0 Å². The Balaban J connectivity index is 2.72. The molecule has 16 heavy (non-hydrogen) atoms. The number of benzene rings is 1. The number of aliphatic carboxylic acids is 1. The van der Waals surface area contributed by atoms with E-state index in [0.29, 0.717) is 5.76 Å². The first kappa shape index (κ1) is 10.7. The Labute approximate surface area is 93.7 Å². The zero-order valence-electron chi connectivity index (χ0n) is 9.63. The first-order chi connectivity index (χ1) is 7.50. The number of rotatable bonds is 2. The highest BCUT2D eigenvalue weighted by molar-refractivity contribution is 5.92. The van der Waals surface area contributed by atoms with E-state index < -0.39 is 5.97 Å². The minimum absolute atomic E-state index is 0.0627. The molecule has 3 heteroatoms. The highest BCUT2D eigenvalue weighted by Crippen LogP contribution is 2.30. The van der Waals surface area contributed by atoms with Gasteiger partial charge in [0.05, 0.1) is 0 Å². The maximum absolute atomic E-state index is 10.7. The molecule has 0 aliphatic carbocycles. The van der Waals surface area contributed by atoms with E-state index in [4.69, 9.17) is 9.52 Å². The lowest BCUT2D eigenvalue weighted by Gasteiger charge is -2.01. The van der Waals surface area contributed by atoms with E-state index in [0.717, 1.165) is 22.1 Å². The standard InChI is InChI=1S/C13H14O3/c1-7-4-5-10-11(6-12(14)15)16-9(3)13(10)8(7)2/h4-5H,6H2,1-3H3,(H,14,15). The summed E-state index contributed by atoms with van der Waals surface area (Å²) in [6, 6.07) is 3.93. The molecule has 0 atom stereocenters. The van der Waals surface area contributed by atoms with Gasteiger partial charge in [-0.2, -0.15) is 0 Å². The molecule has 3 nitrogen and oxygen atoms in total. The number of aryl methyl sites for hydroxylation is 3. The van der Waals surface area contributed by atoms with Gasteiger partial charge in [-0.05, 0) is 31.9 Å². The van der Waals surface area contributed by atoms with Gasteiger partial charge in [-0.1, -0.05) is 12.1 Å². The Morgan fingerprint density at radius 1 is 1.31 bits per heavy atom. The van der Waals surface area contributed by atoms with Crippen molar-refractivity contribution in [1.29, 1.82) is 0 Å². The summed E-state index contributed by atoms with van der Waals surface area (Å²) in [5.74, 6) is 0.476. The van der Waals surface area contributed by atoms with Gasteiger partial charge in [-0.3, -0.25) is 4.79 Å². The van der Waals surface area contributed by atoms with Gasteiger partial charge in [0, 0.05) is 10.8 Å². The molecular weight excluding hydrogens is 204 g/mol. The van der Waals surface area contributed by atoms with Crippen molar-refractivity contribution in [2.24, 2.45) is 0 Å². The van der Waals surface area contributed by atoms with Gasteiger partial charge in [0.1, 0.15) is 17.9 Å². The Morgan fingerprint density at radius 3 is 2.62 bits per heavy atom. The number of carboxylic acids is 1. The van der Waals surface area contributed by atoms with Crippen molar-refractivity contribution in [3.8, 4) is 0 Å². The Morgan fingerprint density at radius 2 is 2.00 bits per heavy atom. The summed E-state index contributed by atoms with van der Waals surface area (Å²) in [6.07, 6.45) is -0.0627. The van der Waals surface area contributed by atoms with Gasteiger partial charge in [0.15, 0.2) is 0 Å². The first-order valence-electron chi connectivity index (χ1n) is 5.20. The van der Waals surface area contributed by atoms with Crippen LogP contribution in [0.15, 0.2) is 16.5 Å². The first-order valence-corrected chi connectivity index (χ1v) is 5.20. The van der Waals surface area contributed by atoms with Crippen LogP contribution in [-0.2, 0) is 11.2 Å². The molecule has 1 aromatic carbocycles. The van der Waals surface area contributed by atoms with Crippen LogP contribution < -0.4 is 0 Å². The zero-order chi connectivity index (χ0) is 11.9. The average Bonchev–Trinajstić information content (AvgIpc) is 2.49. The summed E-state index contributed by atoms with van der Waals surface area (Å²) < 4.78 is 5.53. The van der Waals surface area contributed by atoms with Gasteiger partial charge < -0.3 is 9.52 Å². The van der Waals surface area contributed by atoms with Gasteiger partial charge in [-0.25, -0.2) is 0 Å². The quantitative estimate of drug-likeness (QED) is 0.843. The van der Waals surface area contributed by atoms with E-state index in [1.54, 1.807) is 0 Å². The number of furan rings is 1. The molecule has 1 heterocycles. The molecule has 0 unspecified atom stereocenters. The van der Waals surface area contributed by atoms with Crippen molar-refractivity contribution in [3.63, 3.8) is 0 Å². The third-order valence-corrected chi connectivity index (χ3v) is 2.98. The lowest BCUT2D eigenvalue weighted by molar-refractivity contribution is -0.136. The van der Waals surface area contributed by atoms with Crippen LogP contribution in [0.1, 0.15) is 22.6 Å². The van der Waals surface area contributed by atoms with Crippen LogP contribution in [0.4, 0.5) is 0 Å². The van der Waals surface area contributed by atoms with Crippen LogP contribution in [-0.4, -0.2) is 11.1 Å². The number of fused-ring (bicyclic) bond motifs is 1. The summed E-state index contributed by atoms with van der Waals surface area (Å²) in [6.45, 7) is 5.95. The van der Waals surface area contributed by atoms with Crippen LogP contribution in [0.2, 0.25) is 0 Å². The molecule has 2 aromatic rings. The van der Waals surface area contributed by atoms with Gasteiger partial charge >= 0.3 is 5.97 Å². The average molecular weight is 218 g/mol. The molecule has 1 N–H and O–H groups in total. The second kappa shape index (κ2) is 3.67. The van der Waals surface area contributed by atoms with Crippen molar-refractivity contribution in [1.82, 2.24) is 0 Å². The van der Waals surface area contributed by atoms with Crippen LogP contribution in [0.25, 0.3) is 10.8 Å². The topological polar surface area (TPSA) is 50.4 Å². The second-order valence-corrected chi connectivity index (χ2v) is 4.08. The number of hydrogen-bond donors (Lipinski definition) is 1. The largest absolute Gasteiger partial charge is 0.481 e. The molecule has 0 fully saturated rings. The van der Waals surface area contributed by atoms with E-state index in [1.807, 2.05) is 32.9 Å². The Bertz CT molecular complexity index is 564. The van der Waals surface area contributed by atoms with E-state index in [1.165, 1.54) is 5.56 Å². The summed E-state index contributed by atoms with van der Waals surface area (Å²) in [5.41, 5.74) is 2.36. The van der Waals surface area contributed by atoms with Gasteiger partial charge in [0.25, 0.3) is 0 Å². The third kappa shape index (κ3) is 1.58. The fourth-order valence-corrected chi connectivity index (χ4v) is 2.06. The molecule has 0 saturated carbocycles. The van der Waals surface area contributed by atoms with E-state index >= 15 is 0 Å². The van der Waals surface area contributed by atoms with Gasteiger partial charge in [0.2, 0.25) is 0 Å².